The minimum Gasteiger partial charge on any atom is -0.321 e. The van der Waals surface area contributed by atoms with Gasteiger partial charge in [0.2, 0.25) is 5.96 Å². The smallest absolute Gasteiger partial charge is 0.274 e. The standard InChI is InChI=1S/C19H14ClN5O/c20-14-5-2-1-4-12(14)11-22-19-24-17(18(26)25-19)10-13-7-8-15-16(23-13)6-3-9-21-15/h1-10H,11H2,(H2,22,24,25,26)/b17-10+. The van der Waals surface area contributed by atoms with E-state index in [-0.39, 0.29) is 5.91 Å². The first-order valence-electron chi connectivity index (χ1n) is 7.99. The molecule has 1 aliphatic heterocycles. The first-order valence-corrected chi connectivity index (χ1v) is 8.36. The van der Waals surface area contributed by atoms with Gasteiger partial charge in [0.15, 0.2) is 0 Å². The fourth-order valence-electron chi connectivity index (χ4n) is 2.56. The van der Waals surface area contributed by atoms with E-state index in [1.165, 1.54) is 0 Å². The van der Waals surface area contributed by atoms with Gasteiger partial charge in [-0.25, -0.2) is 9.98 Å². The number of rotatable bonds is 3. The van der Waals surface area contributed by atoms with Gasteiger partial charge < -0.3 is 5.32 Å². The van der Waals surface area contributed by atoms with E-state index >= 15 is 0 Å². The van der Waals surface area contributed by atoms with E-state index in [0.29, 0.717) is 28.9 Å². The van der Waals surface area contributed by atoms with Crippen LogP contribution < -0.4 is 10.6 Å². The predicted octanol–water partition coefficient (Wildman–Crippen LogP) is 2.90. The first kappa shape index (κ1) is 16.2. The Bertz CT molecular complexity index is 1060. The van der Waals surface area contributed by atoms with Gasteiger partial charge in [-0.2, -0.15) is 0 Å². The predicted molar refractivity (Wildman–Crippen MR) is 101 cm³/mol. The van der Waals surface area contributed by atoms with E-state index in [4.69, 9.17) is 11.6 Å². The van der Waals surface area contributed by atoms with E-state index in [2.05, 4.69) is 25.6 Å². The number of nitrogens with zero attached hydrogens (tertiary/aromatic N) is 3. The third kappa shape index (κ3) is 3.41. The number of fused-ring (bicyclic) bond motifs is 1. The van der Waals surface area contributed by atoms with Crippen LogP contribution in [0.5, 0.6) is 0 Å². The Hall–Kier alpha value is -3.25. The number of aliphatic imine (C=N–C) groups is 1. The third-order valence-electron chi connectivity index (χ3n) is 3.86. The number of pyridine rings is 2. The lowest BCUT2D eigenvalue weighted by Crippen LogP contribution is -2.25. The molecule has 26 heavy (non-hydrogen) atoms. The molecular formula is C19H14ClN5O. The Balaban J connectivity index is 1.54. The second-order valence-corrected chi connectivity index (χ2v) is 6.08. The quantitative estimate of drug-likeness (QED) is 0.701. The Morgan fingerprint density at radius 2 is 1.92 bits per heavy atom. The van der Waals surface area contributed by atoms with Gasteiger partial charge >= 0.3 is 0 Å². The zero-order valence-corrected chi connectivity index (χ0v) is 14.4. The highest BCUT2D eigenvalue weighted by Crippen LogP contribution is 2.16. The van der Waals surface area contributed by atoms with Gasteiger partial charge in [-0.05, 0) is 42.0 Å². The number of halogens is 1. The SMILES string of the molecule is O=C1NC(=NCc2ccccc2Cl)N/C1=C/c1ccc2ncccc2n1. The summed E-state index contributed by atoms with van der Waals surface area (Å²) in [6.45, 7) is 0.370. The molecule has 1 fully saturated rings. The van der Waals surface area contributed by atoms with E-state index in [0.717, 1.165) is 16.6 Å². The van der Waals surface area contributed by atoms with Crippen molar-refractivity contribution in [3.05, 3.63) is 76.7 Å². The Kier molecular flexibility index (Phi) is 4.33. The molecule has 3 heterocycles. The van der Waals surface area contributed by atoms with Crippen molar-refractivity contribution in [3.63, 3.8) is 0 Å². The van der Waals surface area contributed by atoms with E-state index in [1.54, 1.807) is 12.3 Å². The number of hydrogen-bond donors (Lipinski definition) is 2. The van der Waals surface area contributed by atoms with Crippen molar-refractivity contribution in [2.24, 2.45) is 4.99 Å². The minimum absolute atomic E-state index is 0.254. The third-order valence-corrected chi connectivity index (χ3v) is 4.23. The van der Waals surface area contributed by atoms with Crippen molar-refractivity contribution in [2.45, 2.75) is 6.54 Å². The van der Waals surface area contributed by atoms with Crippen LogP contribution in [0.2, 0.25) is 5.02 Å². The molecule has 1 amide bonds. The molecule has 1 aromatic carbocycles. The average molecular weight is 364 g/mol. The summed E-state index contributed by atoms with van der Waals surface area (Å²) in [7, 11) is 0. The average Bonchev–Trinajstić information content (AvgIpc) is 3.00. The molecule has 2 aromatic heterocycles. The molecule has 3 aromatic rings. The van der Waals surface area contributed by atoms with Gasteiger partial charge in [0.05, 0.1) is 23.3 Å². The molecule has 0 unspecified atom stereocenters. The molecule has 0 radical (unpaired) electrons. The van der Waals surface area contributed by atoms with Crippen LogP contribution in [0.1, 0.15) is 11.3 Å². The van der Waals surface area contributed by atoms with Crippen LogP contribution in [0.15, 0.2) is 65.4 Å². The van der Waals surface area contributed by atoms with Gasteiger partial charge in [-0.15, -0.1) is 0 Å². The van der Waals surface area contributed by atoms with Crippen LogP contribution in [0, 0.1) is 0 Å². The summed E-state index contributed by atoms with van der Waals surface area (Å²) in [5.74, 6) is 0.139. The van der Waals surface area contributed by atoms with Crippen molar-refractivity contribution >= 4 is 40.6 Å². The first-order chi connectivity index (χ1) is 12.7. The zero-order valence-electron chi connectivity index (χ0n) is 13.6. The summed E-state index contributed by atoms with van der Waals surface area (Å²) < 4.78 is 0. The van der Waals surface area contributed by atoms with Gasteiger partial charge in [-0.3, -0.25) is 15.1 Å². The maximum absolute atomic E-state index is 12.1. The number of aromatic nitrogens is 2. The second-order valence-electron chi connectivity index (χ2n) is 5.67. The fourth-order valence-corrected chi connectivity index (χ4v) is 2.76. The summed E-state index contributed by atoms with van der Waals surface area (Å²) in [4.78, 5) is 25.2. The van der Waals surface area contributed by atoms with Crippen molar-refractivity contribution in [1.29, 1.82) is 0 Å². The topological polar surface area (TPSA) is 79.3 Å². The Labute approximate surface area is 154 Å². The van der Waals surface area contributed by atoms with E-state index in [9.17, 15) is 4.79 Å². The van der Waals surface area contributed by atoms with Crippen LogP contribution in [0.3, 0.4) is 0 Å². The van der Waals surface area contributed by atoms with Crippen LogP contribution >= 0.6 is 11.6 Å². The molecular weight excluding hydrogens is 350 g/mol. The summed E-state index contributed by atoms with van der Waals surface area (Å²) >= 11 is 6.12. The lowest BCUT2D eigenvalue weighted by Gasteiger charge is -2.01. The van der Waals surface area contributed by atoms with Crippen molar-refractivity contribution in [2.75, 3.05) is 0 Å². The molecule has 4 rings (SSSR count). The maximum Gasteiger partial charge on any atom is 0.274 e. The Morgan fingerprint density at radius 3 is 2.81 bits per heavy atom. The molecule has 1 saturated heterocycles. The van der Waals surface area contributed by atoms with E-state index < -0.39 is 0 Å². The van der Waals surface area contributed by atoms with Crippen molar-refractivity contribution in [3.8, 4) is 0 Å². The highest BCUT2D eigenvalue weighted by Gasteiger charge is 2.21. The lowest BCUT2D eigenvalue weighted by atomic mass is 10.2. The van der Waals surface area contributed by atoms with Gasteiger partial charge in [-0.1, -0.05) is 29.8 Å². The molecule has 0 aliphatic carbocycles. The number of nitrogens with one attached hydrogen (secondary N) is 2. The molecule has 7 heteroatoms. The van der Waals surface area contributed by atoms with Crippen LogP contribution in [-0.2, 0) is 11.3 Å². The van der Waals surface area contributed by atoms with Gasteiger partial charge in [0, 0.05) is 11.2 Å². The summed E-state index contributed by atoms with van der Waals surface area (Å²) in [5.41, 5.74) is 3.52. The number of amides is 1. The molecule has 0 saturated carbocycles. The Morgan fingerprint density at radius 1 is 1.04 bits per heavy atom. The molecule has 0 atom stereocenters. The number of hydrogen-bond acceptors (Lipinski definition) is 4. The van der Waals surface area contributed by atoms with Crippen LogP contribution in [0.4, 0.5) is 0 Å². The van der Waals surface area contributed by atoms with Gasteiger partial charge in [0.1, 0.15) is 5.70 Å². The van der Waals surface area contributed by atoms with Crippen LogP contribution in [-0.4, -0.2) is 21.8 Å². The number of carbonyl (C=O) groups excluding carboxylic acids is 1. The summed E-state index contributed by atoms with van der Waals surface area (Å²) in [5, 5.41) is 6.32. The number of guanidine groups is 1. The van der Waals surface area contributed by atoms with E-state index in [1.807, 2.05) is 48.5 Å². The van der Waals surface area contributed by atoms with Crippen molar-refractivity contribution < 1.29 is 4.79 Å². The highest BCUT2D eigenvalue weighted by atomic mass is 35.5. The molecule has 2 N–H and O–H groups in total. The van der Waals surface area contributed by atoms with Crippen molar-refractivity contribution in [1.82, 2.24) is 20.6 Å². The number of carbonyl (C=O) groups is 1. The molecule has 1 aliphatic rings. The summed E-state index contributed by atoms with van der Waals surface area (Å²) in [6, 6.07) is 14.9. The highest BCUT2D eigenvalue weighted by molar-refractivity contribution is 6.31. The number of benzene rings is 1. The zero-order chi connectivity index (χ0) is 17.9. The largest absolute Gasteiger partial charge is 0.321 e. The van der Waals surface area contributed by atoms with Gasteiger partial charge in [0.25, 0.3) is 5.91 Å². The molecule has 128 valence electrons. The minimum atomic E-state index is -0.254. The molecule has 0 bridgehead atoms. The fraction of sp³-hybridized carbons (Fsp3) is 0.0526. The second kappa shape index (κ2) is 6.93. The monoisotopic (exact) mass is 363 g/mol. The molecule has 6 nitrogen and oxygen atoms in total. The summed E-state index contributed by atoms with van der Waals surface area (Å²) in [6.07, 6.45) is 3.40. The maximum atomic E-state index is 12.1. The van der Waals surface area contributed by atoms with Crippen LogP contribution in [0.25, 0.3) is 17.1 Å². The lowest BCUT2D eigenvalue weighted by molar-refractivity contribution is -0.115. The normalized spacial score (nSPS) is 16.9. The molecule has 0 spiro atoms.